The largest absolute Gasteiger partial charge is 0.497 e. The molecule has 1 rings (SSSR count). The maximum atomic E-state index is 12.1. The molecule has 0 aromatic heterocycles. The summed E-state index contributed by atoms with van der Waals surface area (Å²) in [5.41, 5.74) is 0.724. The van der Waals surface area contributed by atoms with Crippen LogP contribution in [-0.2, 0) is 0 Å². The van der Waals surface area contributed by atoms with Gasteiger partial charge in [-0.1, -0.05) is 19.1 Å². The molecule has 0 amide bonds. The Morgan fingerprint density at radius 1 is 1.50 bits per heavy atom. The second-order valence-corrected chi connectivity index (χ2v) is 3.76. The molecule has 1 N–H and O–H groups in total. The van der Waals surface area contributed by atoms with Crippen molar-refractivity contribution in [3.8, 4) is 5.75 Å². The highest BCUT2D eigenvalue weighted by atomic mass is 16.5. The van der Waals surface area contributed by atoms with E-state index in [0.29, 0.717) is 6.54 Å². The molecule has 1 aromatic carbocycles. The third kappa shape index (κ3) is 3.07. The Morgan fingerprint density at radius 3 is 2.81 bits per heavy atom. The Bertz CT molecular complexity index is 350. The SMILES string of the molecule is CCC(CNC)C(=O)c1cccc(OC)c1. The maximum Gasteiger partial charge on any atom is 0.167 e. The molecule has 0 bridgehead atoms. The van der Waals surface area contributed by atoms with E-state index in [1.807, 2.05) is 32.2 Å². The Morgan fingerprint density at radius 2 is 2.25 bits per heavy atom. The minimum atomic E-state index is 0.0390. The molecule has 3 nitrogen and oxygen atoms in total. The van der Waals surface area contributed by atoms with Gasteiger partial charge >= 0.3 is 0 Å². The number of methoxy groups -OCH3 is 1. The smallest absolute Gasteiger partial charge is 0.167 e. The topological polar surface area (TPSA) is 38.3 Å². The summed E-state index contributed by atoms with van der Waals surface area (Å²) < 4.78 is 5.11. The van der Waals surface area contributed by atoms with Gasteiger partial charge in [-0.2, -0.15) is 0 Å². The van der Waals surface area contributed by atoms with Gasteiger partial charge in [0.25, 0.3) is 0 Å². The van der Waals surface area contributed by atoms with Crippen molar-refractivity contribution in [2.24, 2.45) is 5.92 Å². The van der Waals surface area contributed by atoms with Crippen molar-refractivity contribution >= 4 is 5.78 Å². The number of carbonyl (C=O) groups excluding carboxylic acids is 1. The molecule has 0 saturated carbocycles. The van der Waals surface area contributed by atoms with E-state index in [0.717, 1.165) is 17.7 Å². The van der Waals surface area contributed by atoms with Crippen LogP contribution >= 0.6 is 0 Å². The predicted molar refractivity (Wildman–Crippen MR) is 65.0 cm³/mol. The number of hydrogen-bond donors (Lipinski definition) is 1. The van der Waals surface area contributed by atoms with Crippen LogP contribution in [0.2, 0.25) is 0 Å². The minimum absolute atomic E-state index is 0.0390. The van der Waals surface area contributed by atoms with E-state index in [4.69, 9.17) is 4.74 Å². The molecule has 0 aliphatic carbocycles. The first-order chi connectivity index (χ1) is 7.72. The van der Waals surface area contributed by atoms with Crippen molar-refractivity contribution in [3.05, 3.63) is 29.8 Å². The van der Waals surface area contributed by atoms with Crippen molar-refractivity contribution in [3.63, 3.8) is 0 Å². The van der Waals surface area contributed by atoms with Gasteiger partial charge in [0, 0.05) is 18.0 Å². The standard InChI is InChI=1S/C13H19NO2/c1-4-10(9-14-2)13(15)11-6-5-7-12(8-11)16-3/h5-8,10,14H,4,9H2,1-3H3. The third-order valence-corrected chi connectivity index (χ3v) is 2.67. The molecule has 0 heterocycles. The molecule has 0 spiro atoms. The van der Waals surface area contributed by atoms with E-state index in [2.05, 4.69) is 5.32 Å². The highest BCUT2D eigenvalue weighted by Crippen LogP contribution is 2.17. The van der Waals surface area contributed by atoms with Gasteiger partial charge in [-0.15, -0.1) is 0 Å². The van der Waals surface area contributed by atoms with E-state index in [1.165, 1.54) is 0 Å². The number of Topliss-reactive ketones (excluding diaryl/α,β-unsaturated/α-hetero) is 1. The number of ether oxygens (including phenoxy) is 1. The normalized spacial score (nSPS) is 12.2. The van der Waals surface area contributed by atoms with Gasteiger partial charge < -0.3 is 10.1 Å². The van der Waals surface area contributed by atoms with E-state index in [1.54, 1.807) is 13.2 Å². The fourth-order valence-electron chi connectivity index (χ4n) is 1.68. The van der Waals surface area contributed by atoms with E-state index in [-0.39, 0.29) is 11.7 Å². The van der Waals surface area contributed by atoms with Crippen LogP contribution in [0, 0.1) is 5.92 Å². The second-order valence-electron chi connectivity index (χ2n) is 3.76. The van der Waals surface area contributed by atoms with Crippen LogP contribution in [0.1, 0.15) is 23.7 Å². The fraction of sp³-hybridized carbons (Fsp3) is 0.462. The van der Waals surface area contributed by atoms with Crippen LogP contribution in [0.4, 0.5) is 0 Å². The molecule has 1 unspecified atom stereocenters. The van der Waals surface area contributed by atoms with E-state index < -0.39 is 0 Å². The molecule has 1 aromatic rings. The Labute approximate surface area is 96.8 Å². The Balaban J connectivity index is 2.85. The first-order valence-electron chi connectivity index (χ1n) is 5.55. The summed E-state index contributed by atoms with van der Waals surface area (Å²) in [5.74, 6) is 0.943. The molecule has 1 atom stereocenters. The van der Waals surface area contributed by atoms with Gasteiger partial charge in [-0.3, -0.25) is 4.79 Å². The van der Waals surface area contributed by atoms with Gasteiger partial charge in [0.15, 0.2) is 5.78 Å². The van der Waals surface area contributed by atoms with Crippen molar-refractivity contribution < 1.29 is 9.53 Å². The van der Waals surface area contributed by atoms with Gasteiger partial charge in [-0.25, -0.2) is 0 Å². The third-order valence-electron chi connectivity index (χ3n) is 2.67. The zero-order valence-corrected chi connectivity index (χ0v) is 10.1. The molecular formula is C13H19NO2. The summed E-state index contributed by atoms with van der Waals surface area (Å²) in [4.78, 5) is 12.1. The fourth-order valence-corrected chi connectivity index (χ4v) is 1.68. The second kappa shape index (κ2) is 6.28. The maximum absolute atomic E-state index is 12.1. The van der Waals surface area contributed by atoms with Crippen LogP contribution < -0.4 is 10.1 Å². The molecule has 88 valence electrons. The lowest BCUT2D eigenvalue weighted by atomic mass is 9.95. The lowest BCUT2D eigenvalue weighted by molar-refractivity contribution is 0.0916. The monoisotopic (exact) mass is 221 g/mol. The zero-order chi connectivity index (χ0) is 12.0. The number of ketones is 1. The van der Waals surface area contributed by atoms with Crippen LogP contribution in [0.3, 0.4) is 0 Å². The zero-order valence-electron chi connectivity index (χ0n) is 10.1. The number of hydrogen-bond acceptors (Lipinski definition) is 3. The molecule has 0 fully saturated rings. The number of nitrogens with one attached hydrogen (secondary N) is 1. The number of benzene rings is 1. The summed E-state index contributed by atoms with van der Waals surface area (Å²) in [5, 5.41) is 3.05. The van der Waals surface area contributed by atoms with Crippen molar-refractivity contribution in [2.45, 2.75) is 13.3 Å². The highest BCUT2D eigenvalue weighted by Gasteiger charge is 2.17. The molecule has 16 heavy (non-hydrogen) atoms. The molecule has 0 radical (unpaired) electrons. The van der Waals surface area contributed by atoms with Crippen LogP contribution in [0.15, 0.2) is 24.3 Å². The first-order valence-corrected chi connectivity index (χ1v) is 5.55. The lowest BCUT2D eigenvalue weighted by Gasteiger charge is -2.13. The molecule has 0 aliphatic heterocycles. The average molecular weight is 221 g/mol. The van der Waals surface area contributed by atoms with E-state index in [9.17, 15) is 4.79 Å². The quantitative estimate of drug-likeness (QED) is 0.748. The van der Waals surface area contributed by atoms with E-state index >= 15 is 0 Å². The highest BCUT2D eigenvalue weighted by molar-refractivity contribution is 5.98. The molecule has 0 saturated heterocycles. The van der Waals surface area contributed by atoms with Crippen molar-refractivity contribution in [2.75, 3.05) is 20.7 Å². The molecule has 3 heteroatoms. The summed E-state index contributed by atoms with van der Waals surface area (Å²) in [6.45, 7) is 2.74. The first kappa shape index (κ1) is 12.7. The summed E-state index contributed by atoms with van der Waals surface area (Å²) in [6, 6.07) is 7.32. The van der Waals surface area contributed by atoms with Gasteiger partial charge in [-0.05, 0) is 25.6 Å². The number of rotatable bonds is 6. The van der Waals surface area contributed by atoms with Gasteiger partial charge in [0.05, 0.1) is 7.11 Å². The average Bonchev–Trinajstić information content (AvgIpc) is 2.35. The van der Waals surface area contributed by atoms with Crippen LogP contribution in [-0.4, -0.2) is 26.5 Å². The summed E-state index contributed by atoms with van der Waals surface area (Å²) in [7, 11) is 3.47. The molecular weight excluding hydrogens is 202 g/mol. The van der Waals surface area contributed by atoms with Crippen LogP contribution in [0.25, 0.3) is 0 Å². The Hall–Kier alpha value is -1.35. The number of carbonyl (C=O) groups is 1. The molecule has 0 aliphatic rings. The van der Waals surface area contributed by atoms with Crippen molar-refractivity contribution in [1.29, 1.82) is 0 Å². The van der Waals surface area contributed by atoms with Gasteiger partial charge in [0.2, 0.25) is 0 Å². The van der Waals surface area contributed by atoms with Crippen molar-refractivity contribution in [1.82, 2.24) is 5.32 Å². The lowest BCUT2D eigenvalue weighted by Crippen LogP contribution is -2.25. The predicted octanol–water partition coefficient (Wildman–Crippen LogP) is 2.12. The van der Waals surface area contributed by atoms with Gasteiger partial charge in [0.1, 0.15) is 5.75 Å². The van der Waals surface area contributed by atoms with Crippen LogP contribution in [0.5, 0.6) is 5.75 Å². The summed E-state index contributed by atoms with van der Waals surface area (Å²) in [6.07, 6.45) is 0.844. The minimum Gasteiger partial charge on any atom is -0.497 e. The summed E-state index contributed by atoms with van der Waals surface area (Å²) >= 11 is 0. The Kier molecular flexibility index (Phi) is 4.99.